The van der Waals surface area contributed by atoms with Crippen LogP contribution in [-0.2, 0) is 11.3 Å². The fourth-order valence-electron chi connectivity index (χ4n) is 2.99. The van der Waals surface area contributed by atoms with Crippen molar-refractivity contribution in [2.24, 2.45) is 5.92 Å². The van der Waals surface area contributed by atoms with E-state index in [1.165, 1.54) is 6.39 Å². The summed E-state index contributed by atoms with van der Waals surface area (Å²) in [6, 6.07) is 7.98. The molecule has 0 radical (unpaired) electrons. The van der Waals surface area contributed by atoms with Crippen LogP contribution in [0.4, 0.5) is 0 Å². The second-order valence-electron chi connectivity index (χ2n) is 6.29. The number of hydrogen-bond acceptors (Lipinski definition) is 4. The second-order valence-corrected chi connectivity index (χ2v) is 6.29. The highest BCUT2D eigenvalue weighted by molar-refractivity contribution is 5.76. The van der Waals surface area contributed by atoms with Gasteiger partial charge in [-0.1, -0.05) is 18.2 Å². The molecule has 3 rings (SSSR count). The van der Waals surface area contributed by atoms with Crippen LogP contribution in [0.25, 0.3) is 11.3 Å². The Morgan fingerprint density at radius 1 is 1.39 bits per heavy atom. The molecule has 2 aromatic rings. The third-order valence-corrected chi connectivity index (χ3v) is 4.45. The summed E-state index contributed by atoms with van der Waals surface area (Å²) >= 11 is 0. The normalized spacial score (nSPS) is 16.4. The molecule has 1 aromatic carbocycles. The minimum atomic E-state index is 0.143. The first-order chi connectivity index (χ1) is 11.2. The van der Waals surface area contributed by atoms with Gasteiger partial charge in [0, 0.05) is 18.5 Å². The van der Waals surface area contributed by atoms with Gasteiger partial charge in [-0.15, -0.1) is 0 Å². The van der Waals surface area contributed by atoms with Crippen LogP contribution in [0.15, 0.2) is 41.3 Å². The van der Waals surface area contributed by atoms with Crippen molar-refractivity contribution in [3.05, 3.63) is 42.4 Å². The lowest BCUT2D eigenvalue weighted by Gasteiger charge is -2.28. The van der Waals surface area contributed by atoms with Crippen molar-refractivity contribution in [2.45, 2.75) is 25.8 Å². The van der Waals surface area contributed by atoms with Crippen LogP contribution in [-0.4, -0.2) is 35.9 Å². The Morgan fingerprint density at radius 2 is 2.22 bits per heavy atom. The zero-order valence-corrected chi connectivity index (χ0v) is 13.5. The number of aromatic nitrogens is 1. The molecule has 1 saturated heterocycles. The SMILES string of the molecule is CN1CCC(CC(=O)NCc2cccc(-c3cnco3)c2)CC1. The first kappa shape index (κ1) is 15.7. The summed E-state index contributed by atoms with van der Waals surface area (Å²) in [6.07, 6.45) is 5.98. The maximum atomic E-state index is 12.1. The summed E-state index contributed by atoms with van der Waals surface area (Å²) in [5.74, 6) is 1.40. The molecule has 1 aromatic heterocycles. The van der Waals surface area contributed by atoms with Crippen LogP contribution in [0.2, 0.25) is 0 Å². The van der Waals surface area contributed by atoms with Crippen LogP contribution in [0, 0.1) is 5.92 Å². The number of benzene rings is 1. The minimum Gasteiger partial charge on any atom is -0.444 e. The topological polar surface area (TPSA) is 58.4 Å². The third-order valence-electron chi connectivity index (χ3n) is 4.45. The maximum absolute atomic E-state index is 12.1. The smallest absolute Gasteiger partial charge is 0.220 e. The van der Waals surface area contributed by atoms with E-state index in [0.717, 1.165) is 42.8 Å². The first-order valence-corrected chi connectivity index (χ1v) is 8.14. The van der Waals surface area contributed by atoms with E-state index in [1.807, 2.05) is 24.3 Å². The Labute approximate surface area is 136 Å². The van der Waals surface area contributed by atoms with E-state index >= 15 is 0 Å². The second kappa shape index (κ2) is 7.42. The van der Waals surface area contributed by atoms with Gasteiger partial charge in [-0.2, -0.15) is 0 Å². The summed E-state index contributed by atoms with van der Waals surface area (Å²) in [6.45, 7) is 2.74. The van der Waals surface area contributed by atoms with E-state index < -0.39 is 0 Å². The molecule has 0 saturated carbocycles. The van der Waals surface area contributed by atoms with E-state index in [4.69, 9.17) is 4.42 Å². The number of oxazole rings is 1. The lowest BCUT2D eigenvalue weighted by atomic mass is 9.93. The minimum absolute atomic E-state index is 0.143. The number of carbonyl (C=O) groups is 1. The maximum Gasteiger partial charge on any atom is 0.220 e. The standard InChI is InChI=1S/C18H23N3O2/c1-21-7-5-14(6-8-21)10-18(22)20-11-15-3-2-4-16(9-15)17-12-19-13-23-17/h2-4,9,12-14H,5-8,10-11H2,1H3,(H,20,22). The van der Waals surface area contributed by atoms with Crippen molar-refractivity contribution in [2.75, 3.05) is 20.1 Å². The van der Waals surface area contributed by atoms with E-state index in [0.29, 0.717) is 18.9 Å². The fraction of sp³-hybridized carbons (Fsp3) is 0.444. The van der Waals surface area contributed by atoms with Crippen LogP contribution < -0.4 is 5.32 Å². The molecule has 1 amide bonds. The van der Waals surface area contributed by atoms with Crippen molar-refractivity contribution < 1.29 is 9.21 Å². The quantitative estimate of drug-likeness (QED) is 0.922. The van der Waals surface area contributed by atoms with E-state index in [-0.39, 0.29) is 5.91 Å². The molecule has 5 heteroatoms. The number of nitrogens with zero attached hydrogens (tertiary/aromatic N) is 2. The molecule has 0 bridgehead atoms. The molecule has 0 spiro atoms. The molecule has 1 fully saturated rings. The number of nitrogens with one attached hydrogen (secondary N) is 1. The lowest BCUT2D eigenvalue weighted by molar-refractivity contribution is -0.122. The summed E-state index contributed by atoms with van der Waals surface area (Å²) < 4.78 is 5.31. The first-order valence-electron chi connectivity index (χ1n) is 8.14. The Bertz CT molecular complexity index is 631. The summed E-state index contributed by atoms with van der Waals surface area (Å²) in [4.78, 5) is 18.4. The van der Waals surface area contributed by atoms with Gasteiger partial charge in [0.2, 0.25) is 5.91 Å². The Hall–Kier alpha value is -2.14. The zero-order valence-electron chi connectivity index (χ0n) is 13.5. The molecule has 5 nitrogen and oxygen atoms in total. The summed E-state index contributed by atoms with van der Waals surface area (Å²) in [5.41, 5.74) is 2.04. The highest BCUT2D eigenvalue weighted by Gasteiger charge is 2.19. The number of likely N-dealkylation sites (tertiary alicyclic amines) is 1. The molecule has 1 N–H and O–H groups in total. The van der Waals surface area contributed by atoms with E-state index in [2.05, 4.69) is 22.2 Å². The Balaban J connectivity index is 1.50. The average Bonchev–Trinajstić information content (AvgIpc) is 3.10. The molecule has 0 aliphatic carbocycles. The Kier molecular flexibility index (Phi) is 5.08. The van der Waals surface area contributed by atoms with Crippen molar-refractivity contribution >= 4 is 5.91 Å². The number of carbonyl (C=O) groups excluding carboxylic acids is 1. The molecule has 0 atom stereocenters. The van der Waals surface area contributed by atoms with Crippen molar-refractivity contribution in [1.82, 2.24) is 15.2 Å². The van der Waals surface area contributed by atoms with Gasteiger partial charge in [0.1, 0.15) is 0 Å². The van der Waals surface area contributed by atoms with Gasteiger partial charge in [-0.3, -0.25) is 4.79 Å². The summed E-state index contributed by atoms with van der Waals surface area (Å²) in [7, 11) is 2.14. The van der Waals surface area contributed by atoms with E-state index in [9.17, 15) is 4.79 Å². The monoisotopic (exact) mass is 313 g/mol. The van der Waals surface area contributed by atoms with Gasteiger partial charge in [-0.05, 0) is 50.5 Å². The van der Waals surface area contributed by atoms with Crippen LogP contribution in [0.3, 0.4) is 0 Å². The van der Waals surface area contributed by atoms with Crippen LogP contribution in [0.5, 0.6) is 0 Å². The molecular weight excluding hydrogens is 290 g/mol. The predicted octanol–water partition coefficient (Wildman–Crippen LogP) is 2.69. The molecular formula is C18H23N3O2. The number of piperidine rings is 1. The van der Waals surface area contributed by atoms with Gasteiger partial charge in [0.05, 0.1) is 6.20 Å². The molecule has 0 unspecified atom stereocenters. The average molecular weight is 313 g/mol. The highest BCUT2D eigenvalue weighted by Crippen LogP contribution is 2.21. The van der Waals surface area contributed by atoms with Crippen molar-refractivity contribution in [3.63, 3.8) is 0 Å². The van der Waals surface area contributed by atoms with Crippen LogP contribution in [0.1, 0.15) is 24.8 Å². The number of rotatable bonds is 5. The summed E-state index contributed by atoms with van der Waals surface area (Å²) in [5, 5.41) is 3.03. The van der Waals surface area contributed by atoms with Crippen LogP contribution >= 0.6 is 0 Å². The largest absolute Gasteiger partial charge is 0.444 e. The van der Waals surface area contributed by atoms with Gasteiger partial charge < -0.3 is 14.6 Å². The molecule has 23 heavy (non-hydrogen) atoms. The van der Waals surface area contributed by atoms with Gasteiger partial charge in [0.25, 0.3) is 0 Å². The number of amides is 1. The molecule has 1 aliphatic rings. The Morgan fingerprint density at radius 3 is 2.96 bits per heavy atom. The molecule has 122 valence electrons. The van der Waals surface area contributed by atoms with Gasteiger partial charge >= 0.3 is 0 Å². The third kappa shape index (κ3) is 4.42. The van der Waals surface area contributed by atoms with Crippen molar-refractivity contribution in [1.29, 1.82) is 0 Å². The zero-order chi connectivity index (χ0) is 16.1. The highest BCUT2D eigenvalue weighted by atomic mass is 16.3. The van der Waals surface area contributed by atoms with Gasteiger partial charge in [-0.25, -0.2) is 4.98 Å². The van der Waals surface area contributed by atoms with E-state index in [1.54, 1.807) is 6.20 Å². The number of hydrogen-bond donors (Lipinski definition) is 1. The lowest BCUT2D eigenvalue weighted by Crippen LogP contribution is -2.33. The van der Waals surface area contributed by atoms with Crippen molar-refractivity contribution in [3.8, 4) is 11.3 Å². The molecule has 1 aliphatic heterocycles. The predicted molar refractivity (Wildman–Crippen MR) is 88.6 cm³/mol. The van der Waals surface area contributed by atoms with Gasteiger partial charge in [0.15, 0.2) is 12.2 Å². The fourth-order valence-corrected chi connectivity index (χ4v) is 2.99. The molecule has 2 heterocycles.